The first-order valence-corrected chi connectivity index (χ1v) is 9.95. The van der Waals surface area contributed by atoms with Crippen molar-refractivity contribution in [1.82, 2.24) is 4.90 Å². The van der Waals surface area contributed by atoms with E-state index in [1.165, 1.54) is 6.08 Å². The molecule has 26 heavy (non-hydrogen) atoms. The third-order valence-electron chi connectivity index (χ3n) is 3.23. The number of phenolic OH excluding ortho intramolecular Hbond substituents is 1. The Morgan fingerprint density at radius 1 is 1.27 bits per heavy atom. The summed E-state index contributed by atoms with van der Waals surface area (Å²) in [6, 6.07) is 1.55. The zero-order valence-electron chi connectivity index (χ0n) is 13.9. The van der Waals surface area contributed by atoms with E-state index in [1.54, 1.807) is 19.9 Å². The number of nitrogens with zero attached hydrogens (tertiary/aromatic N) is 1. The van der Waals surface area contributed by atoms with Crippen LogP contribution in [0.15, 0.2) is 19.9 Å². The number of amides is 2. The second-order valence-corrected chi connectivity index (χ2v) is 7.53. The summed E-state index contributed by atoms with van der Waals surface area (Å²) in [6.45, 7) is 3.49. The van der Waals surface area contributed by atoms with Crippen LogP contribution in [-0.4, -0.2) is 46.9 Å². The number of benzene rings is 1. The number of carbonyl (C=O) groups is 3. The number of ether oxygens (including phenoxy) is 2. The molecule has 0 unspecified atom stereocenters. The molecule has 0 aromatic heterocycles. The van der Waals surface area contributed by atoms with Crippen molar-refractivity contribution in [2.45, 2.75) is 13.8 Å². The van der Waals surface area contributed by atoms with Gasteiger partial charge in [0.15, 0.2) is 11.5 Å². The lowest BCUT2D eigenvalue weighted by molar-refractivity contribution is -0.145. The third kappa shape index (κ3) is 4.41. The van der Waals surface area contributed by atoms with Crippen LogP contribution in [0.25, 0.3) is 6.08 Å². The lowest BCUT2D eigenvalue weighted by atomic mass is 10.2. The topological polar surface area (TPSA) is 93.1 Å². The molecule has 7 nitrogen and oxygen atoms in total. The largest absolute Gasteiger partial charge is 0.503 e. The van der Waals surface area contributed by atoms with E-state index in [1.807, 2.05) is 0 Å². The summed E-state index contributed by atoms with van der Waals surface area (Å²) in [5.74, 6) is -1.07. The summed E-state index contributed by atoms with van der Waals surface area (Å²) in [5.41, 5.74) is 0.528. The van der Waals surface area contributed by atoms with Crippen LogP contribution in [0.2, 0.25) is 0 Å². The van der Waals surface area contributed by atoms with Crippen LogP contribution in [0.1, 0.15) is 19.4 Å². The van der Waals surface area contributed by atoms with Gasteiger partial charge in [-0.05, 0) is 75.2 Å². The lowest BCUT2D eigenvalue weighted by Crippen LogP contribution is -2.34. The predicted molar refractivity (Wildman–Crippen MR) is 104 cm³/mol. The van der Waals surface area contributed by atoms with Gasteiger partial charge in [0.2, 0.25) is 0 Å². The highest BCUT2D eigenvalue weighted by Crippen LogP contribution is 2.43. The Balaban J connectivity index is 2.34. The van der Waals surface area contributed by atoms with Crippen LogP contribution in [-0.2, 0) is 14.3 Å². The van der Waals surface area contributed by atoms with Gasteiger partial charge in [-0.15, -0.1) is 0 Å². The fourth-order valence-electron chi connectivity index (χ4n) is 2.10. The van der Waals surface area contributed by atoms with Gasteiger partial charge in [-0.3, -0.25) is 19.3 Å². The molecule has 1 N–H and O–H groups in total. The first-order valence-electron chi connectivity index (χ1n) is 7.54. The normalized spacial score (nSPS) is 15.7. The molecule has 0 radical (unpaired) electrons. The van der Waals surface area contributed by atoms with Crippen LogP contribution >= 0.6 is 43.6 Å². The highest BCUT2D eigenvalue weighted by atomic mass is 79.9. The average molecular weight is 509 g/mol. The fourth-order valence-corrected chi connectivity index (χ4v) is 3.77. The molecule has 1 aromatic carbocycles. The highest BCUT2D eigenvalue weighted by molar-refractivity contribution is 9.13. The Morgan fingerprint density at radius 3 is 2.58 bits per heavy atom. The molecule has 0 spiro atoms. The zero-order chi connectivity index (χ0) is 19.4. The number of thioether (sulfide) groups is 1. The fraction of sp³-hybridized carbons (Fsp3) is 0.312. The van der Waals surface area contributed by atoms with Crippen LogP contribution in [0.4, 0.5) is 4.79 Å². The summed E-state index contributed by atoms with van der Waals surface area (Å²) < 4.78 is 11.0. The second-order valence-electron chi connectivity index (χ2n) is 4.95. The number of carbonyl (C=O) groups excluding carboxylic acids is 3. The van der Waals surface area contributed by atoms with Crippen molar-refractivity contribution in [3.63, 3.8) is 0 Å². The maximum Gasteiger partial charge on any atom is 0.326 e. The monoisotopic (exact) mass is 507 g/mol. The smallest absolute Gasteiger partial charge is 0.326 e. The van der Waals surface area contributed by atoms with Crippen molar-refractivity contribution < 1.29 is 29.0 Å². The van der Waals surface area contributed by atoms with Gasteiger partial charge in [0.05, 0.1) is 22.6 Å². The van der Waals surface area contributed by atoms with Gasteiger partial charge in [0.25, 0.3) is 11.1 Å². The predicted octanol–water partition coefficient (Wildman–Crippen LogP) is 3.92. The van der Waals surface area contributed by atoms with Gasteiger partial charge >= 0.3 is 5.97 Å². The molecule has 1 aliphatic rings. The molecule has 0 bridgehead atoms. The summed E-state index contributed by atoms with van der Waals surface area (Å²) in [6.07, 6.45) is 1.49. The molecule has 2 rings (SSSR count). The Kier molecular flexibility index (Phi) is 7.13. The number of rotatable bonds is 6. The molecule has 1 heterocycles. The minimum absolute atomic E-state index is 0.0775. The summed E-state index contributed by atoms with van der Waals surface area (Å²) in [5, 5.41) is 9.52. The van der Waals surface area contributed by atoms with Gasteiger partial charge in [-0.1, -0.05) is 0 Å². The second kappa shape index (κ2) is 8.92. The molecule has 2 amide bonds. The van der Waals surface area contributed by atoms with Crippen LogP contribution in [0, 0.1) is 0 Å². The van der Waals surface area contributed by atoms with Gasteiger partial charge in [0, 0.05) is 4.47 Å². The van der Waals surface area contributed by atoms with E-state index in [4.69, 9.17) is 9.47 Å². The van der Waals surface area contributed by atoms with E-state index in [9.17, 15) is 19.5 Å². The van der Waals surface area contributed by atoms with Gasteiger partial charge in [-0.2, -0.15) is 0 Å². The van der Waals surface area contributed by atoms with Crippen molar-refractivity contribution in [2.24, 2.45) is 0 Å². The Bertz CT molecular complexity index is 795. The van der Waals surface area contributed by atoms with Crippen LogP contribution < -0.4 is 4.74 Å². The number of imide groups is 1. The van der Waals surface area contributed by atoms with Crippen molar-refractivity contribution in [3.8, 4) is 11.5 Å². The molecule has 0 atom stereocenters. The van der Waals surface area contributed by atoms with Crippen LogP contribution in [0.5, 0.6) is 11.5 Å². The molecule has 140 valence electrons. The molecule has 0 saturated carbocycles. The summed E-state index contributed by atoms with van der Waals surface area (Å²) in [4.78, 5) is 37.0. The number of esters is 1. The van der Waals surface area contributed by atoms with Gasteiger partial charge in [0.1, 0.15) is 6.54 Å². The van der Waals surface area contributed by atoms with E-state index in [2.05, 4.69) is 31.9 Å². The van der Waals surface area contributed by atoms with Gasteiger partial charge in [-0.25, -0.2) is 0 Å². The third-order valence-corrected chi connectivity index (χ3v) is 6.29. The molecule has 10 heteroatoms. The lowest BCUT2D eigenvalue weighted by Gasteiger charge is -2.12. The Hall–Kier alpha value is -1.52. The first kappa shape index (κ1) is 20.8. The minimum atomic E-state index is -0.650. The Labute approximate surface area is 171 Å². The first-order chi connectivity index (χ1) is 12.3. The molecule has 1 aliphatic heterocycles. The average Bonchev–Trinajstić information content (AvgIpc) is 2.85. The number of phenols is 1. The highest BCUT2D eigenvalue weighted by Gasteiger charge is 2.36. The molecule has 0 aliphatic carbocycles. The van der Waals surface area contributed by atoms with E-state index in [-0.39, 0.29) is 23.0 Å². The maximum atomic E-state index is 12.4. The standard InChI is InChI=1S/C16H15Br2NO6S/c1-3-24-9-5-8(12(17)13(18)14(9)21)6-10-15(22)19(16(23)26-10)7-11(20)25-4-2/h5-6,21H,3-4,7H2,1-2H3/b10-6+. The summed E-state index contributed by atoms with van der Waals surface area (Å²) in [7, 11) is 0. The van der Waals surface area contributed by atoms with E-state index >= 15 is 0 Å². The van der Waals surface area contributed by atoms with Crippen molar-refractivity contribution in [3.05, 3.63) is 25.5 Å². The molecule has 1 fully saturated rings. The number of hydrogen-bond donors (Lipinski definition) is 1. The number of halogens is 2. The quantitative estimate of drug-likeness (QED) is 0.459. The van der Waals surface area contributed by atoms with Crippen molar-refractivity contribution in [1.29, 1.82) is 0 Å². The molecule has 1 aromatic rings. The summed E-state index contributed by atoms with van der Waals surface area (Å²) >= 11 is 7.31. The van der Waals surface area contributed by atoms with E-state index in [0.29, 0.717) is 21.1 Å². The van der Waals surface area contributed by atoms with Crippen molar-refractivity contribution in [2.75, 3.05) is 19.8 Å². The van der Waals surface area contributed by atoms with Crippen molar-refractivity contribution >= 4 is 66.8 Å². The number of aromatic hydroxyl groups is 1. The van der Waals surface area contributed by atoms with E-state index in [0.717, 1.165) is 16.7 Å². The molecular formula is C16H15Br2NO6S. The van der Waals surface area contributed by atoms with Crippen LogP contribution in [0.3, 0.4) is 0 Å². The molecular weight excluding hydrogens is 494 g/mol. The number of hydrogen-bond acceptors (Lipinski definition) is 7. The SMILES string of the molecule is CCOC(=O)CN1C(=O)S/C(=C/c2cc(OCC)c(O)c(Br)c2Br)C1=O. The van der Waals surface area contributed by atoms with E-state index < -0.39 is 23.7 Å². The zero-order valence-corrected chi connectivity index (χ0v) is 17.9. The minimum Gasteiger partial charge on any atom is -0.503 e. The Morgan fingerprint density at radius 2 is 1.96 bits per heavy atom. The molecule has 1 saturated heterocycles. The van der Waals surface area contributed by atoms with Gasteiger partial charge < -0.3 is 14.6 Å². The maximum absolute atomic E-state index is 12.4.